The van der Waals surface area contributed by atoms with Crippen LogP contribution in [-0.4, -0.2) is 45.3 Å². The van der Waals surface area contributed by atoms with E-state index in [4.69, 9.17) is 0 Å². The zero-order valence-electron chi connectivity index (χ0n) is 15.4. The standard InChI is InChI=1S/C18H26N4O2S2/c1-4-19-18(21-12-10-17-22-13-14(2)25-17)20-11-9-15-5-7-16(8-6-15)26(3,23)24/h5-8,13H,4,9-12H2,1-3H3,(H2,19,20,21). The van der Waals surface area contributed by atoms with Crippen LogP contribution in [0.25, 0.3) is 0 Å². The molecule has 2 N–H and O–H groups in total. The first-order valence-corrected chi connectivity index (χ1v) is 11.3. The number of aryl methyl sites for hydroxylation is 1. The average molecular weight is 395 g/mol. The fraction of sp³-hybridized carbons (Fsp3) is 0.444. The van der Waals surface area contributed by atoms with Gasteiger partial charge in [0.05, 0.1) is 9.90 Å². The van der Waals surface area contributed by atoms with E-state index in [0.29, 0.717) is 11.4 Å². The van der Waals surface area contributed by atoms with Crippen molar-refractivity contribution in [2.24, 2.45) is 4.99 Å². The predicted octanol–water partition coefficient (Wildman–Crippen LogP) is 2.20. The zero-order chi connectivity index (χ0) is 19.0. The second-order valence-corrected chi connectivity index (χ2v) is 9.30. The number of rotatable bonds is 8. The normalized spacial score (nSPS) is 12.2. The van der Waals surface area contributed by atoms with Gasteiger partial charge in [0.15, 0.2) is 15.8 Å². The van der Waals surface area contributed by atoms with Gasteiger partial charge in [0.1, 0.15) is 0 Å². The van der Waals surface area contributed by atoms with E-state index in [2.05, 4.69) is 27.5 Å². The first-order valence-electron chi connectivity index (χ1n) is 8.61. The molecule has 2 rings (SSSR count). The van der Waals surface area contributed by atoms with Crippen molar-refractivity contribution in [1.82, 2.24) is 15.6 Å². The van der Waals surface area contributed by atoms with Crippen molar-refractivity contribution >= 4 is 27.1 Å². The van der Waals surface area contributed by atoms with Crippen LogP contribution in [0.15, 0.2) is 40.4 Å². The lowest BCUT2D eigenvalue weighted by Gasteiger charge is -2.11. The van der Waals surface area contributed by atoms with Crippen molar-refractivity contribution in [3.8, 4) is 0 Å². The van der Waals surface area contributed by atoms with Gasteiger partial charge in [0.25, 0.3) is 0 Å². The van der Waals surface area contributed by atoms with E-state index >= 15 is 0 Å². The molecule has 142 valence electrons. The highest BCUT2D eigenvalue weighted by atomic mass is 32.2. The van der Waals surface area contributed by atoms with Crippen LogP contribution in [0.5, 0.6) is 0 Å². The molecule has 0 spiro atoms. The summed E-state index contributed by atoms with van der Waals surface area (Å²) in [4.78, 5) is 10.5. The molecule has 8 heteroatoms. The molecule has 6 nitrogen and oxygen atoms in total. The average Bonchev–Trinajstić information content (AvgIpc) is 3.00. The Morgan fingerprint density at radius 3 is 2.50 bits per heavy atom. The Hall–Kier alpha value is -1.93. The molecule has 0 aliphatic carbocycles. The minimum Gasteiger partial charge on any atom is -0.357 e. The molecule has 0 amide bonds. The quantitative estimate of drug-likeness (QED) is 0.530. The molecule has 1 aromatic heterocycles. The molecule has 1 aromatic carbocycles. The monoisotopic (exact) mass is 394 g/mol. The van der Waals surface area contributed by atoms with Crippen molar-refractivity contribution in [3.05, 3.63) is 45.9 Å². The molecule has 0 fully saturated rings. The summed E-state index contributed by atoms with van der Waals surface area (Å²) in [5.74, 6) is 0.786. The molecule has 26 heavy (non-hydrogen) atoms. The highest BCUT2D eigenvalue weighted by Crippen LogP contribution is 2.12. The lowest BCUT2D eigenvalue weighted by molar-refractivity contribution is 0.602. The molecule has 0 saturated carbocycles. The number of nitrogens with zero attached hydrogens (tertiary/aromatic N) is 2. The molecule has 0 aliphatic heterocycles. The van der Waals surface area contributed by atoms with Gasteiger partial charge in [0, 0.05) is 43.4 Å². The van der Waals surface area contributed by atoms with Crippen LogP contribution in [0.3, 0.4) is 0 Å². The van der Waals surface area contributed by atoms with Gasteiger partial charge in [0.2, 0.25) is 0 Å². The Balaban J connectivity index is 1.82. The van der Waals surface area contributed by atoms with Crippen LogP contribution in [0.2, 0.25) is 0 Å². The molecule has 2 aromatic rings. The summed E-state index contributed by atoms with van der Waals surface area (Å²) in [5, 5.41) is 7.65. The summed E-state index contributed by atoms with van der Waals surface area (Å²) in [6.45, 7) is 6.29. The second kappa shape index (κ2) is 9.68. The second-order valence-electron chi connectivity index (χ2n) is 5.97. The number of nitrogens with one attached hydrogen (secondary N) is 2. The van der Waals surface area contributed by atoms with Gasteiger partial charge < -0.3 is 10.6 Å². The molecule has 0 aliphatic rings. The molecular formula is C18H26N4O2S2. The third-order valence-electron chi connectivity index (χ3n) is 3.67. The number of aliphatic imine (C=N–C) groups is 1. The Morgan fingerprint density at radius 1 is 1.19 bits per heavy atom. The maximum Gasteiger partial charge on any atom is 0.191 e. The maximum absolute atomic E-state index is 11.5. The van der Waals surface area contributed by atoms with Gasteiger partial charge in [-0.2, -0.15) is 0 Å². The van der Waals surface area contributed by atoms with E-state index in [1.807, 2.05) is 25.3 Å². The lowest BCUT2D eigenvalue weighted by Crippen LogP contribution is -2.38. The molecule has 0 unspecified atom stereocenters. The van der Waals surface area contributed by atoms with Crippen molar-refractivity contribution in [2.75, 3.05) is 25.9 Å². The zero-order valence-corrected chi connectivity index (χ0v) is 17.1. The Labute approximate surface area is 159 Å². The highest BCUT2D eigenvalue weighted by molar-refractivity contribution is 7.90. The third kappa shape index (κ3) is 6.76. The molecule has 0 bridgehead atoms. The molecule has 0 radical (unpaired) electrons. The Morgan fingerprint density at radius 2 is 1.92 bits per heavy atom. The van der Waals surface area contributed by atoms with Crippen molar-refractivity contribution < 1.29 is 8.42 Å². The van der Waals surface area contributed by atoms with Gasteiger partial charge >= 0.3 is 0 Å². The van der Waals surface area contributed by atoms with E-state index in [1.54, 1.807) is 23.5 Å². The smallest absolute Gasteiger partial charge is 0.191 e. The first kappa shape index (κ1) is 20.4. The fourth-order valence-electron chi connectivity index (χ4n) is 2.35. The van der Waals surface area contributed by atoms with Gasteiger partial charge in [-0.1, -0.05) is 12.1 Å². The lowest BCUT2D eigenvalue weighted by atomic mass is 10.1. The van der Waals surface area contributed by atoms with Crippen molar-refractivity contribution in [1.29, 1.82) is 0 Å². The summed E-state index contributed by atoms with van der Waals surface area (Å²) in [6.07, 6.45) is 4.74. The van der Waals surface area contributed by atoms with Gasteiger partial charge in [-0.25, -0.2) is 13.4 Å². The first-order chi connectivity index (χ1) is 12.4. The largest absolute Gasteiger partial charge is 0.357 e. The van der Waals surface area contributed by atoms with Crippen LogP contribution >= 0.6 is 11.3 Å². The van der Waals surface area contributed by atoms with Crippen LogP contribution in [-0.2, 0) is 22.7 Å². The molecule has 1 heterocycles. The number of thiazole rings is 1. The topological polar surface area (TPSA) is 83.4 Å². The summed E-state index contributed by atoms with van der Waals surface area (Å²) < 4.78 is 23.0. The van der Waals surface area contributed by atoms with E-state index in [1.165, 1.54) is 11.1 Å². The predicted molar refractivity (Wildman–Crippen MR) is 108 cm³/mol. The minimum absolute atomic E-state index is 0.349. The summed E-state index contributed by atoms with van der Waals surface area (Å²) in [6, 6.07) is 7.01. The van der Waals surface area contributed by atoms with Gasteiger partial charge in [-0.05, 0) is 38.0 Å². The maximum atomic E-state index is 11.5. The van der Waals surface area contributed by atoms with E-state index in [-0.39, 0.29) is 0 Å². The number of hydrogen-bond donors (Lipinski definition) is 2. The van der Waals surface area contributed by atoms with E-state index < -0.39 is 9.84 Å². The van der Waals surface area contributed by atoms with Crippen LogP contribution in [0.1, 0.15) is 22.4 Å². The van der Waals surface area contributed by atoms with Crippen molar-refractivity contribution in [2.45, 2.75) is 31.6 Å². The number of sulfone groups is 1. The summed E-state index contributed by atoms with van der Waals surface area (Å²) in [7, 11) is -3.14. The highest BCUT2D eigenvalue weighted by Gasteiger charge is 2.06. The fourth-order valence-corrected chi connectivity index (χ4v) is 3.76. The molecular weight excluding hydrogens is 368 g/mol. The number of benzene rings is 1. The van der Waals surface area contributed by atoms with Crippen molar-refractivity contribution in [3.63, 3.8) is 0 Å². The van der Waals surface area contributed by atoms with Gasteiger partial charge in [-0.15, -0.1) is 11.3 Å². The van der Waals surface area contributed by atoms with Crippen LogP contribution in [0, 0.1) is 6.92 Å². The number of aromatic nitrogens is 1. The number of hydrogen-bond acceptors (Lipinski definition) is 5. The summed E-state index contributed by atoms with van der Waals surface area (Å²) in [5.41, 5.74) is 1.08. The van der Waals surface area contributed by atoms with Gasteiger partial charge in [-0.3, -0.25) is 4.99 Å². The SMILES string of the molecule is CCNC(=NCCc1ncc(C)s1)NCCc1ccc(S(C)(=O)=O)cc1. The number of guanidine groups is 1. The molecule has 0 atom stereocenters. The minimum atomic E-state index is -3.14. The Kier molecular flexibility index (Phi) is 7.59. The Bertz CT molecular complexity index is 827. The van der Waals surface area contributed by atoms with E-state index in [9.17, 15) is 8.42 Å². The summed E-state index contributed by atoms with van der Waals surface area (Å²) >= 11 is 1.71. The van der Waals surface area contributed by atoms with Crippen LogP contribution < -0.4 is 10.6 Å². The third-order valence-corrected chi connectivity index (χ3v) is 5.77. The van der Waals surface area contributed by atoms with E-state index in [0.717, 1.165) is 42.5 Å². The van der Waals surface area contributed by atoms with Crippen LogP contribution in [0.4, 0.5) is 0 Å². The molecule has 0 saturated heterocycles.